The predicted octanol–water partition coefficient (Wildman–Crippen LogP) is 2.70. The minimum atomic E-state index is -0.474. The highest BCUT2D eigenvalue weighted by molar-refractivity contribution is 6.04. The summed E-state index contributed by atoms with van der Waals surface area (Å²) in [5.74, 6) is 0.897. The monoisotopic (exact) mass is 370 g/mol. The summed E-state index contributed by atoms with van der Waals surface area (Å²) in [5.41, 5.74) is 1.17. The third-order valence-electron chi connectivity index (χ3n) is 4.54. The van der Waals surface area contributed by atoms with E-state index in [-0.39, 0.29) is 24.8 Å². The number of nitrogens with zero attached hydrogens (tertiary/aromatic N) is 1. The molecule has 1 fully saturated rings. The van der Waals surface area contributed by atoms with Gasteiger partial charge in [0.1, 0.15) is 17.2 Å². The molecule has 1 aliphatic rings. The molecule has 1 atom stereocenters. The molecule has 3 rings (SSSR count). The molecule has 2 aromatic carbocycles. The molecule has 1 aliphatic heterocycles. The van der Waals surface area contributed by atoms with E-state index in [1.165, 1.54) is 7.11 Å². The van der Waals surface area contributed by atoms with Gasteiger partial charge in [-0.05, 0) is 24.3 Å². The lowest BCUT2D eigenvalue weighted by Crippen LogP contribution is -2.28. The van der Waals surface area contributed by atoms with Gasteiger partial charge in [-0.3, -0.25) is 9.59 Å². The van der Waals surface area contributed by atoms with Crippen molar-refractivity contribution in [2.45, 2.75) is 6.42 Å². The molecule has 0 spiro atoms. The largest absolute Gasteiger partial charge is 0.497 e. The predicted molar refractivity (Wildman–Crippen MR) is 102 cm³/mol. The Morgan fingerprint density at radius 2 is 1.78 bits per heavy atom. The molecule has 1 N–H and O–H groups in total. The number of hydrogen-bond acceptors (Lipinski definition) is 5. The zero-order valence-electron chi connectivity index (χ0n) is 15.5. The number of nitrogens with one attached hydrogen (secondary N) is 1. The van der Waals surface area contributed by atoms with E-state index in [4.69, 9.17) is 14.2 Å². The molecule has 0 radical (unpaired) electrons. The molecule has 2 amide bonds. The van der Waals surface area contributed by atoms with Crippen LogP contribution in [0.3, 0.4) is 0 Å². The van der Waals surface area contributed by atoms with Crippen LogP contribution < -0.4 is 24.4 Å². The molecule has 0 unspecified atom stereocenters. The number of carbonyl (C=O) groups is 2. The van der Waals surface area contributed by atoms with Crippen molar-refractivity contribution < 1.29 is 23.8 Å². The highest BCUT2D eigenvalue weighted by atomic mass is 16.5. The fraction of sp³-hybridized carbons (Fsp3) is 0.300. The molecule has 2 aromatic rings. The van der Waals surface area contributed by atoms with Crippen LogP contribution in [0.5, 0.6) is 17.2 Å². The van der Waals surface area contributed by atoms with E-state index >= 15 is 0 Å². The number of hydrogen-bond donors (Lipinski definition) is 1. The van der Waals surface area contributed by atoms with E-state index in [9.17, 15) is 9.59 Å². The van der Waals surface area contributed by atoms with Gasteiger partial charge >= 0.3 is 0 Å². The maximum Gasteiger partial charge on any atom is 0.229 e. The van der Waals surface area contributed by atoms with Crippen molar-refractivity contribution in [2.24, 2.45) is 5.92 Å². The van der Waals surface area contributed by atoms with Crippen LogP contribution in [0.4, 0.5) is 11.4 Å². The molecule has 1 saturated heterocycles. The van der Waals surface area contributed by atoms with Gasteiger partial charge in [0.15, 0.2) is 0 Å². The summed E-state index contributed by atoms with van der Waals surface area (Å²) in [6.07, 6.45) is 0.126. The van der Waals surface area contributed by atoms with E-state index in [1.54, 1.807) is 49.5 Å². The first-order valence-electron chi connectivity index (χ1n) is 8.53. The van der Waals surface area contributed by atoms with Crippen LogP contribution in [0.15, 0.2) is 42.5 Å². The summed E-state index contributed by atoms with van der Waals surface area (Å²) in [7, 11) is 4.64. The quantitative estimate of drug-likeness (QED) is 0.846. The number of carbonyl (C=O) groups excluding carboxylic acids is 2. The SMILES string of the molecule is COc1ccc(OC)c(N2C[C@H](C(=O)Nc3ccccc3OC)CC2=O)c1. The fourth-order valence-corrected chi connectivity index (χ4v) is 3.11. The lowest BCUT2D eigenvalue weighted by molar-refractivity contribution is -0.122. The lowest BCUT2D eigenvalue weighted by Gasteiger charge is -2.20. The molecular weight excluding hydrogens is 348 g/mol. The Morgan fingerprint density at radius 1 is 1.04 bits per heavy atom. The fourth-order valence-electron chi connectivity index (χ4n) is 3.11. The van der Waals surface area contributed by atoms with Gasteiger partial charge in [0, 0.05) is 19.0 Å². The Labute approximate surface area is 157 Å². The average Bonchev–Trinajstić information content (AvgIpc) is 3.09. The number of ether oxygens (including phenoxy) is 3. The molecule has 0 aromatic heterocycles. The van der Waals surface area contributed by atoms with Crippen molar-refractivity contribution in [2.75, 3.05) is 38.1 Å². The second-order valence-electron chi connectivity index (χ2n) is 6.13. The van der Waals surface area contributed by atoms with Crippen LogP contribution >= 0.6 is 0 Å². The first-order valence-corrected chi connectivity index (χ1v) is 8.53. The summed E-state index contributed by atoms with van der Waals surface area (Å²) >= 11 is 0. The molecule has 0 aliphatic carbocycles. The zero-order valence-corrected chi connectivity index (χ0v) is 15.5. The molecule has 1 heterocycles. The molecule has 27 heavy (non-hydrogen) atoms. The number of methoxy groups -OCH3 is 3. The Balaban J connectivity index is 1.78. The third-order valence-corrected chi connectivity index (χ3v) is 4.54. The van der Waals surface area contributed by atoms with Crippen molar-refractivity contribution >= 4 is 23.2 Å². The first-order chi connectivity index (χ1) is 13.1. The third kappa shape index (κ3) is 3.81. The molecule has 142 valence electrons. The van der Waals surface area contributed by atoms with Gasteiger partial charge in [-0.2, -0.15) is 0 Å². The summed E-state index contributed by atoms with van der Waals surface area (Å²) in [4.78, 5) is 26.8. The molecular formula is C20H22N2O5. The van der Waals surface area contributed by atoms with E-state index < -0.39 is 5.92 Å². The van der Waals surface area contributed by atoms with Gasteiger partial charge in [-0.15, -0.1) is 0 Å². The summed E-state index contributed by atoms with van der Waals surface area (Å²) in [6.45, 7) is 0.267. The standard InChI is InChI=1S/C20H22N2O5/c1-25-14-8-9-18(27-3)16(11-14)22-12-13(10-19(22)23)20(24)21-15-6-4-5-7-17(15)26-2/h4-9,11,13H,10,12H2,1-3H3,(H,21,24)/t13-/m1/s1. The second kappa shape index (κ2) is 7.99. The second-order valence-corrected chi connectivity index (χ2v) is 6.13. The smallest absolute Gasteiger partial charge is 0.229 e. The normalized spacial score (nSPS) is 16.2. The van der Waals surface area contributed by atoms with Crippen LogP contribution in [0.25, 0.3) is 0 Å². The Hall–Kier alpha value is -3.22. The van der Waals surface area contributed by atoms with Crippen LogP contribution in [-0.4, -0.2) is 39.7 Å². The van der Waals surface area contributed by atoms with E-state index in [0.717, 1.165) is 0 Å². The average molecular weight is 370 g/mol. The highest BCUT2D eigenvalue weighted by Crippen LogP contribution is 2.36. The number of amides is 2. The molecule has 7 nitrogen and oxygen atoms in total. The van der Waals surface area contributed by atoms with Gasteiger partial charge in [0.2, 0.25) is 11.8 Å². The maximum absolute atomic E-state index is 12.7. The Kier molecular flexibility index (Phi) is 5.49. The lowest BCUT2D eigenvalue weighted by atomic mass is 10.1. The number of anilines is 2. The zero-order chi connectivity index (χ0) is 19.4. The van der Waals surface area contributed by atoms with Crippen LogP contribution in [0.2, 0.25) is 0 Å². The Morgan fingerprint density at radius 3 is 2.48 bits per heavy atom. The maximum atomic E-state index is 12.7. The van der Waals surface area contributed by atoms with Crippen LogP contribution in [0, 0.1) is 5.92 Å². The summed E-state index contributed by atoms with van der Waals surface area (Å²) in [6, 6.07) is 12.4. The van der Waals surface area contributed by atoms with E-state index in [2.05, 4.69) is 5.32 Å². The van der Waals surface area contributed by atoms with Gasteiger partial charge < -0.3 is 24.4 Å². The van der Waals surface area contributed by atoms with Crippen LogP contribution in [-0.2, 0) is 9.59 Å². The summed E-state index contributed by atoms with van der Waals surface area (Å²) < 4.78 is 15.9. The van der Waals surface area contributed by atoms with Gasteiger partial charge in [0.05, 0.1) is 38.6 Å². The van der Waals surface area contributed by atoms with Crippen molar-refractivity contribution in [3.05, 3.63) is 42.5 Å². The molecule has 0 bridgehead atoms. The van der Waals surface area contributed by atoms with Crippen molar-refractivity contribution in [1.82, 2.24) is 0 Å². The van der Waals surface area contributed by atoms with Gasteiger partial charge in [-0.25, -0.2) is 0 Å². The first kappa shape index (κ1) is 18.6. The van der Waals surface area contributed by atoms with Crippen molar-refractivity contribution in [3.63, 3.8) is 0 Å². The van der Waals surface area contributed by atoms with Gasteiger partial charge in [-0.1, -0.05) is 12.1 Å². The molecule has 0 saturated carbocycles. The summed E-state index contributed by atoms with van der Waals surface area (Å²) in [5, 5.41) is 2.85. The van der Waals surface area contributed by atoms with Crippen molar-refractivity contribution in [1.29, 1.82) is 0 Å². The van der Waals surface area contributed by atoms with E-state index in [1.807, 2.05) is 12.1 Å². The Bertz CT molecular complexity index is 852. The topological polar surface area (TPSA) is 77.1 Å². The highest BCUT2D eigenvalue weighted by Gasteiger charge is 2.36. The minimum absolute atomic E-state index is 0.126. The number of benzene rings is 2. The number of rotatable bonds is 6. The van der Waals surface area contributed by atoms with Crippen molar-refractivity contribution in [3.8, 4) is 17.2 Å². The minimum Gasteiger partial charge on any atom is -0.497 e. The van der Waals surface area contributed by atoms with Crippen LogP contribution in [0.1, 0.15) is 6.42 Å². The van der Waals surface area contributed by atoms with E-state index in [0.29, 0.717) is 28.6 Å². The van der Waals surface area contributed by atoms with Gasteiger partial charge in [0.25, 0.3) is 0 Å². The molecule has 7 heteroatoms. The number of para-hydroxylation sites is 2.